The molecule has 2 heterocycles. The summed E-state index contributed by atoms with van der Waals surface area (Å²) in [4.78, 5) is 0. The van der Waals surface area contributed by atoms with Crippen LogP contribution in [0.3, 0.4) is 0 Å². The van der Waals surface area contributed by atoms with Gasteiger partial charge in [-0.2, -0.15) is 0 Å². The van der Waals surface area contributed by atoms with Crippen LogP contribution in [-0.4, -0.2) is 20.4 Å². The average Bonchev–Trinajstić information content (AvgIpc) is 3.84. The van der Waals surface area contributed by atoms with E-state index in [2.05, 4.69) is 93.2 Å². The molecule has 2 fully saturated rings. The second kappa shape index (κ2) is 12.9. The largest absolute Gasteiger partial charge is 0.416 e. The van der Waals surface area contributed by atoms with Crippen molar-refractivity contribution < 1.29 is 8.83 Å². The van der Waals surface area contributed by atoms with Crippen LogP contribution in [0.1, 0.15) is 87.2 Å². The molecule has 0 saturated heterocycles. The monoisotopic (exact) mass is 606 g/mol. The lowest BCUT2D eigenvalue weighted by Gasteiger charge is -2.21. The third-order valence-corrected chi connectivity index (χ3v) is 9.92. The smallest absolute Gasteiger partial charge is 0.248 e. The summed E-state index contributed by atoms with van der Waals surface area (Å²) < 4.78 is 12.1. The molecule has 6 heteroatoms. The van der Waals surface area contributed by atoms with Gasteiger partial charge in [0.15, 0.2) is 0 Å². The van der Waals surface area contributed by atoms with Gasteiger partial charge in [0.05, 0.1) is 0 Å². The fourth-order valence-electron chi connectivity index (χ4n) is 7.19. The molecule has 0 amide bonds. The highest BCUT2D eigenvalue weighted by Crippen LogP contribution is 2.36. The zero-order valence-corrected chi connectivity index (χ0v) is 26.1. The molecule has 6 aromatic rings. The zero-order chi connectivity index (χ0) is 30.7. The van der Waals surface area contributed by atoms with Crippen molar-refractivity contribution in [3.63, 3.8) is 0 Å². The fraction of sp³-hybridized carbons (Fsp3) is 0.300. The second-order valence-corrected chi connectivity index (χ2v) is 12.9. The molecule has 0 aliphatic heterocycles. The van der Waals surface area contributed by atoms with Crippen molar-refractivity contribution in [1.29, 1.82) is 0 Å². The van der Waals surface area contributed by atoms with E-state index in [-0.39, 0.29) is 0 Å². The third-order valence-electron chi connectivity index (χ3n) is 9.92. The highest BCUT2D eigenvalue weighted by Gasteiger charge is 2.18. The molecule has 4 aromatic carbocycles. The Morgan fingerprint density at radius 3 is 0.891 bits per heavy atom. The number of nitrogens with zero attached hydrogens (tertiary/aromatic N) is 4. The highest BCUT2D eigenvalue weighted by molar-refractivity contribution is 5.70. The van der Waals surface area contributed by atoms with E-state index in [1.165, 1.54) is 75.3 Å². The minimum absolute atomic E-state index is 0.518. The summed E-state index contributed by atoms with van der Waals surface area (Å²) >= 11 is 0. The molecule has 0 bridgehead atoms. The van der Waals surface area contributed by atoms with Gasteiger partial charge in [-0.15, -0.1) is 20.4 Å². The fourth-order valence-corrected chi connectivity index (χ4v) is 7.19. The Bertz CT molecular complexity index is 1730. The van der Waals surface area contributed by atoms with Gasteiger partial charge in [0, 0.05) is 22.3 Å². The van der Waals surface area contributed by atoms with Crippen LogP contribution in [0.2, 0.25) is 0 Å². The Morgan fingerprint density at radius 1 is 0.326 bits per heavy atom. The van der Waals surface area contributed by atoms with E-state index in [4.69, 9.17) is 8.83 Å². The minimum atomic E-state index is 0.518. The second-order valence-electron chi connectivity index (χ2n) is 12.9. The first-order valence-electron chi connectivity index (χ1n) is 16.9. The van der Waals surface area contributed by atoms with E-state index in [0.29, 0.717) is 35.4 Å². The van der Waals surface area contributed by atoms with E-state index in [0.717, 1.165) is 33.4 Å². The minimum Gasteiger partial charge on any atom is -0.416 e. The molecule has 0 spiro atoms. The maximum absolute atomic E-state index is 6.07. The number of rotatable bonds is 7. The molecule has 0 atom stereocenters. The summed E-state index contributed by atoms with van der Waals surface area (Å²) in [5, 5.41) is 17.3. The number of benzene rings is 4. The van der Waals surface area contributed by atoms with E-state index in [1.54, 1.807) is 0 Å². The molecular formula is C40H38N4O2. The number of hydrogen-bond acceptors (Lipinski definition) is 6. The van der Waals surface area contributed by atoms with Crippen molar-refractivity contribution in [3.8, 4) is 56.9 Å². The van der Waals surface area contributed by atoms with Crippen LogP contribution in [0.5, 0.6) is 0 Å². The van der Waals surface area contributed by atoms with Crippen molar-refractivity contribution in [1.82, 2.24) is 20.4 Å². The van der Waals surface area contributed by atoms with Crippen LogP contribution in [0.15, 0.2) is 106 Å². The summed E-state index contributed by atoms with van der Waals surface area (Å²) in [6, 6.07) is 33.7. The summed E-state index contributed by atoms with van der Waals surface area (Å²) in [6.07, 6.45) is 13.2. The molecule has 46 heavy (non-hydrogen) atoms. The summed E-state index contributed by atoms with van der Waals surface area (Å²) in [6.45, 7) is 0. The van der Waals surface area contributed by atoms with Crippen LogP contribution in [0.25, 0.3) is 56.9 Å². The van der Waals surface area contributed by atoms with Gasteiger partial charge in [-0.25, -0.2) is 0 Å². The standard InChI is InChI=1S/C40H38N4O2/c1-3-7-27(8-4-1)29-11-19-33(20-12-29)37-41-43-39(45-37)35-23-15-31(16-24-35)32-17-25-36(26-18-32)40-44-42-38(46-40)34-21-13-30(14-22-34)28-9-5-2-6-10-28/h11-28H,1-10H2. The quantitative estimate of drug-likeness (QED) is 0.180. The first kappa shape index (κ1) is 28.6. The van der Waals surface area contributed by atoms with Crippen LogP contribution in [0.4, 0.5) is 0 Å². The van der Waals surface area contributed by atoms with Gasteiger partial charge < -0.3 is 8.83 Å². The summed E-state index contributed by atoms with van der Waals surface area (Å²) in [5.74, 6) is 3.49. The Morgan fingerprint density at radius 2 is 0.587 bits per heavy atom. The first-order chi connectivity index (χ1) is 22.8. The molecule has 6 nitrogen and oxygen atoms in total. The average molecular weight is 607 g/mol. The van der Waals surface area contributed by atoms with Gasteiger partial charge in [-0.3, -0.25) is 0 Å². The van der Waals surface area contributed by atoms with Crippen molar-refractivity contribution in [2.75, 3.05) is 0 Å². The highest BCUT2D eigenvalue weighted by atomic mass is 16.4. The summed E-state index contributed by atoms with van der Waals surface area (Å²) in [7, 11) is 0. The Kier molecular flexibility index (Phi) is 8.01. The van der Waals surface area contributed by atoms with E-state index >= 15 is 0 Å². The third kappa shape index (κ3) is 6.04. The van der Waals surface area contributed by atoms with E-state index < -0.39 is 0 Å². The van der Waals surface area contributed by atoms with Gasteiger partial charge >= 0.3 is 0 Å². The normalized spacial score (nSPS) is 16.1. The predicted octanol–water partition coefficient (Wildman–Crippen LogP) is 10.9. The van der Waals surface area contributed by atoms with Crippen molar-refractivity contribution in [2.24, 2.45) is 0 Å². The van der Waals surface area contributed by atoms with E-state index in [1.807, 2.05) is 24.3 Å². The SMILES string of the molecule is c1cc(-c2nnc(-c3ccc(C4CCCCC4)cc3)o2)ccc1-c1ccc(-c2nnc(-c3ccc(C4CCCCC4)cc3)o2)cc1. The van der Waals surface area contributed by atoms with Crippen LogP contribution >= 0.6 is 0 Å². The lowest BCUT2D eigenvalue weighted by atomic mass is 9.84. The molecule has 2 saturated carbocycles. The number of aromatic nitrogens is 4. The van der Waals surface area contributed by atoms with Crippen molar-refractivity contribution >= 4 is 0 Å². The van der Waals surface area contributed by atoms with E-state index in [9.17, 15) is 0 Å². The Labute approximate surface area is 269 Å². The van der Waals surface area contributed by atoms with Gasteiger partial charge in [-0.1, -0.05) is 87.1 Å². The molecule has 0 N–H and O–H groups in total. The zero-order valence-electron chi connectivity index (χ0n) is 26.1. The summed E-state index contributed by atoms with van der Waals surface area (Å²) in [5.41, 5.74) is 8.72. The van der Waals surface area contributed by atoms with Crippen molar-refractivity contribution in [3.05, 3.63) is 108 Å². The molecule has 0 radical (unpaired) electrons. The molecule has 2 aliphatic rings. The van der Waals surface area contributed by atoms with Gasteiger partial charge in [0.1, 0.15) is 0 Å². The van der Waals surface area contributed by atoms with Crippen LogP contribution < -0.4 is 0 Å². The molecule has 8 rings (SSSR count). The van der Waals surface area contributed by atoms with Gasteiger partial charge in [-0.05, 0) is 108 Å². The van der Waals surface area contributed by atoms with Gasteiger partial charge in [0.2, 0.25) is 23.6 Å². The number of hydrogen-bond donors (Lipinski definition) is 0. The molecule has 0 unspecified atom stereocenters. The molecule has 2 aliphatic carbocycles. The lowest BCUT2D eigenvalue weighted by Crippen LogP contribution is -2.04. The Hall–Kier alpha value is -4.84. The maximum atomic E-state index is 6.07. The lowest BCUT2D eigenvalue weighted by molar-refractivity contribution is 0.443. The Balaban J connectivity index is 0.920. The molecular weight excluding hydrogens is 568 g/mol. The first-order valence-corrected chi connectivity index (χ1v) is 16.9. The van der Waals surface area contributed by atoms with Crippen molar-refractivity contribution in [2.45, 2.75) is 76.0 Å². The molecule has 230 valence electrons. The van der Waals surface area contributed by atoms with Crippen LogP contribution in [-0.2, 0) is 0 Å². The maximum Gasteiger partial charge on any atom is 0.248 e. The van der Waals surface area contributed by atoms with Crippen LogP contribution in [0, 0.1) is 0 Å². The topological polar surface area (TPSA) is 77.8 Å². The van der Waals surface area contributed by atoms with Gasteiger partial charge in [0.25, 0.3) is 0 Å². The molecule has 2 aromatic heterocycles. The predicted molar refractivity (Wildman–Crippen MR) is 181 cm³/mol.